The van der Waals surface area contributed by atoms with Crippen LogP contribution in [0, 0.1) is 6.92 Å². The molecule has 2 aromatic carbocycles. The van der Waals surface area contributed by atoms with Crippen molar-refractivity contribution in [2.45, 2.75) is 6.92 Å². The molecule has 0 saturated carbocycles. The van der Waals surface area contributed by atoms with Crippen LogP contribution in [0.4, 0.5) is 5.69 Å². The summed E-state index contributed by atoms with van der Waals surface area (Å²) < 4.78 is 0.776. The summed E-state index contributed by atoms with van der Waals surface area (Å²) in [6, 6.07) is 9.40. The van der Waals surface area contributed by atoms with E-state index in [0.717, 1.165) is 10.0 Å². The number of benzene rings is 2. The van der Waals surface area contributed by atoms with E-state index in [4.69, 9.17) is 0 Å². The zero-order chi connectivity index (χ0) is 16.6. The van der Waals surface area contributed by atoms with Crippen molar-refractivity contribution in [3.05, 3.63) is 52.0 Å². The van der Waals surface area contributed by atoms with Crippen molar-refractivity contribution < 1.29 is 15.0 Å². The van der Waals surface area contributed by atoms with E-state index in [-0.39, 0.29) is 17.3 Å². The summed E-state index contributed by atoms with van der Waals surface area (Å²) in [6.07, 6.45) is 0. The second-order valence-corrected chi connectivity index (χ2v) is 5.79. The molecule has 0 fully saturated rings. The molecule has 0 aliphatic heterocycles. The Morgan fingerprint density at radius 1 is 1.13 bits per heavy atom. The van der Waals surface area contributed by atoms with Crippen molar-refractivity contribution in [2.75, 3.05) is 0 Å². The third kappa shape index (κ3) is 2.83. The molecule has 0 aliphatic rings. The Kier molecular flexibility index (Phi) is 3.87. The molecule has 0 saturated heterocycles. The first-order valence-corrected chi connectivity index (χ1v) is 7.51. The average Bonchev–Trinajstić information content (AvgIpc) is 2.85. The highest BCUT2D eigenvalue weighted by Crippen LogP contribution is 2.41. The van der Waals surface area contributed by atoms with Gasteiger partial charge in [0.15, 0.2) is 5.69 Å². The lowest BCUT2D eigenvalue weighted by Crippen LogP contribution is -1.92. The van der Waals surface area contributed by atoms with E-state index in [2.05, 4.69) is 31.1 Å². The van der Waals surface area contributed by atoms with Crippen LogP contribution in [-0.2, 0) is 0 Å². The maximum Gasteiger partial charge on any atom is 0.295 e. The predicted octanol–water partition coefficient (Wildman–Crippen LogP) is 4.57. The Morgan fingerprint density at radius 3 is 2.52 bits per heavy atom. The Hall–Kier alpha value is -2.67. The van der Waals surface area contributed by atoms with Gasteiger partial charge in [-0.15, -0.1) is 10.2 Å². The number of aryl methyl sites for hydroxylation is 1. The lowest BCUT2D eigenvalue weighted by atomic mass is 10.1. The summed E-state index contributed by atoms with van der Waals surface area (Å²) >= 11 is 3.46. The van der Waals surface area contributed by atoms with Crippen LogP contribution in [0.1, 0.15) is 15.9 Å². The van der Waals surface area contributed by atoms with Gasteiger partial charge in [0.05, 0.1) is 5.52 Å². The van der Waals surface area contributed by atoms with Crippen molar-refractivity contribution in [3.63, 3.8) is 0 Å². The molecule has 116 valence electrons. The van der Waals surface area contributed by atoms with Gasteiger partial charge in [0.1, 0.15) is 5.75 Å². The number of aromatic hydroxyl groups is 2. The number of fused-ring (bicyclic) bond motifs is 1. The van der Waals surface area contributed by atoms with Gasteiger partial charge in [-0.25, -0.2) is 0 Å². The van der Waals surface area contributed by atoms with E-state index in [1.165, 1.54) is 24.3 Å². The van der Waals surface area contributed by atoms with E-state index >= 15 is 0 Å². The number of rotatable bonds is 2. The molecule has 0 radical (unpaired) electrons. The van der Waals surface area contributed by atoms with Crippen LogP contribution in [-0.4, -0.2) is 21.1 Å². The molecule has 0 atom stereocenters. The van der Waals surface area contributed by atoms with Crippen molar-refractivity contribution >= 4 is 38.4 Å². The summed E-state index contributed by atoms with van der Waals surface area (Å²) in [5.41, 5.74) is 2.15. The average molecular weight is 374 g/mol. The van der Waals surface area contributed by atoms with Crippen LogP contribution in [0.2, 0.25) is 0 Å². The molecule has 7 heteroatoms. The fraction of sp³-hybridized carbons (Fsp3) is 0.0625. The van der Waals surface area contributed by atoms with Gasteiger partial charge in [0, 0.05) is 15.4 Å². The van der Waals surface area contributed by atoms with Crippen molar-refractivity contribution in [1.29, 1.82) is 0 Å². The first kappa shape index (κ1) is 15.2. The molecule has 0 unspecified atom stereocenters. The lowest BCUT2D eigenvalue weighted by Gasteiger charge is -2.00. The number of nitrogens with one attached hydrogen (secondary N) is 1. The number of carbonyl (C=O) groups is 1. The standard InChI is InChI=1S/C16H12BrN3O3/c1-8-2-7-11-12(13(8)17)14(16(23)18-11)19-20-15(22)9-3-5-10(21)6-4-9/h2-7,18,21,23H,1H3. The fourth-order valence-electron chi connectivity index (χ4n) is 2.18. The topological polar surface area (TPSA) is 98.0 Å². The third-order valence-electron chi connectivity index (χ3n) is 3.40. The molecule has 23 heavy (non-hydrogen) atoms. The third-order valence-corrected chi connectivity index (χ3v) is 4.43. The molecule has 0 aliphatic carbocycles. The first-order valence-electron chi connectivity index (χ1n) is 6.72. The van der Waals surface area contributed by atoms with Crippen LogP contribution in [0.25, 0.3) is 10.9 Å². The fourth-order valence-corrected chi connectivity index (χ4v) is 2.71. The second kappa shape index (κ2) is 5.85. The largest absolute Gasteiger partial charge is 0.508 e. The number of aromatic nitrogens is 1. The Morgan fingerprint density at radius 2 is 1.83 bits per heavy atom. The number of nitrogens with zero attached hydrogens (tertiary/aromatic N) is 2. The van der Waals surface area contributed by atoms with E-state index in [1.54, 1.807) is 0 Å². The van der Waals surface area contributed by atoms with E-state index < -0.39 is 5.91 Å². The van der Waals surface area contributed by atoms with Crippen LogP contribution >= 0.6 is 15.9 Å². The van der Waals surface area contributed by atoms with E-state index in [0.29, 0.717) is 16.5 Å². The van der Waals surface area contributed by atoms with Crippen LogP contribution in [0.15, 0.2) is 51.1 Å². The number of amides is 1. The zero-order valence-electron chi connectivity index (χ0n) is 12.0. The molecule has 0 spiro atoms. The Bertz CT molecular complexity index is 930. The van der Waals surface area contributed by atoms with Crippen molar-refractivity contribution in [2.24, 2.45) is 10.2 Å². The number of carbonyl (C=O) groups excluding carboxylic acids is 1. The molecule has 6 nitrogen and oxygen atoms in total. The van der Waals surface area contributed by atoms with Crippen LogP contribution in [0.3, 0.4) is 0 Å². The maximum atomic E-state index is 12.0. The minimum absolute atomic E-state index is 0.0622. The molecule has 3 rings (SSSR count). The zero-order valence-corrected chi connectivity index (χ0v) is 13.6. The van der Waals surface area contributed by atoms with Gasteiger partial charge in [-0.3, -0.25) is 4.79 Å². The molecule has 1 heterocycles. The summed E-state index contributed by atoms with van der Waals surface area (Å²) in [6.45, 7) is 1.91. The minimum Gasteiger partial charge on any atom is -0.508 e. The molecule has 1 amide bonds. The highest BCUT2D eigenvalue weighted by atomic mass is 79.9. The molecule has 3 aromatic rings. The Balaban J connectivity index is 2.01. The van der Waals surface area contributed by atoms with Gasteiger partial charge in [-0.1, -0.05) is 6.07 Å². The second-order valence-electron chi connectivity index (χ2n) is 4.99. The normalized spacial score (nSPS) is 11.4. The first-order chi connectivity index (χ1) is 11.0. The van der Waals surface area contributed by atoms with Crippen LogP contribution in [0.5, 0.6) is 11.6 Å². The summed E-state index contributed by atoms with van der Waals surface area (Å²) in [7, 11) is 0. The predicted molar refractivity (Wildman–Crippen MR) is 89.4 cm³/mol. The number of H-pyrrole nitrogens is 1. The van der Waals surface area contributed by atoms with Gasteiger partial charge >= 0.3 is 0 Å². The van der Waals surface area contributed by atoms with Crippen molar-refractivity contribution in [3.8, 4) is 11.6 Å². The van der Waals surface area contributed by atoms with Crippen molar-refractivity contribution in [1.82, 2.24) is 4.98 Å². The van der Waals surface area contributed by atoms with Gasteiger partial charge in [-0.2, -0.15) is 0 Å². The lowest BCUT2D eigenvalue weighted by molar-refractivity contribution is 0.0995. The number of hydrogen-bond donors (Lipinski definition) is 3. The van der Waals surface area contributed by atoms with Gasteiger partial charge in [0.2, 0.25) is 5.88 Å². The number of hydrogen-bond acceptors (Lipinski definition) is 4. The Labute approximate surface area is 139 Å². The smallest absolute Gasteiger partial charge is 0.295 e. The minimum atomic E-state index is -0.567. The van der Waals surface area contributed by atoms with Crippen LogP contribution < -0.4 is 0 Å². The quantitative estimate of drug-likeness (QED) is 0.573. The van der Waals surface area contributed by atoms with E-state index in [9.17, 15) is 15.0 Å². The molecular weight excluding hydrogens is 362 g/mol. The van der Waals surface area contributed by atoms with Gasteiger partial charge in [0.25, 0.3) is 5.91 Å². The molecule has 0 bridgehead atoms. The summed E-state index contributed by atoms with van der Waals surface area (Å²) in [5.74, 6) is -0.664. The highest BCUT2D eigenvalue weighted by Gasteiger charge is 2.15. The molecule has 1 aromatic heterocycles. The number of azo groups is 1. The number of phenolic OH excluding ortho intramolecular Hbond substituents is 1. The molecular formula is C16H12BrN3O3. The SMILES string of the molecule is Cc1ccc2[nH]c(O)c(N=NC(=O)c3ccc(O)cc3)c2c1Br. The number of aromatic amines is 1. The van der Waals surface area contributed by atoms with E-state index in [1.807, 2.05) is 19.1 Å². The maximum absolute atomic E-state index is 12.0. The van der Waals surface area contributed by atoms with Gasteiger partial charge < -0.3 is 15.2 Å². The number of halogens is 1. The van der Waals surface area contributed by atoms with Gasteiger partial charge in [-0.05, 0) is 58.7 Å². The summed E-state index contributed by atoms with van der Waals surface area (Å²) in [5, 5.41) is 27.4. The molecule has 3 N–H and O–H groups in total. The monoisotopic (exact) mass is 373 g/mol. The number of phenols is 1. The summed E-state index contributed by atoms with van der Waals surface area (Å²) in [4.78, 5) is 14.8. The highest BCUT2D eigenvalue weighted by molar-refractivity contribution is 9.10.